The number of ether oxygens (including phenoxy) is 3. The van der Waals surface area contributed by atoms with Crippen LogP contribution in [0.5, 0.6) is 0 Å². The number of carbonyl (C=O) groups excluding carboxylic acids is 4. The van der Waals surface area contributed by atoms with E-state index in [0.29, 0.717) is 30.4 Å². The molecular formula is C40H51N3O8. The molecule has 5 rings (SSSR count). The number of aliphatic hydroxyl groups excluding tert-OH is 1. The third kappa shape index (κ3) is 7.38. The van der Waals surface area contributed by atoms with E-state index in [1.54, 1.807) is 41.3 Å². The van der Waals surface area contributed by atoms with Gasteiger partial charge in [0.05, 0.1) is 43.2 Å². The third-order valence-electron chi connectivity index (χ3n) is 10.3. The molecule has 8 atom stereocenters. The summed E-state index contributed by atoms with van der Waals surface area (Å²) in [5.41, 5.74) is -0.679. The molecule has 2 aromatic carbocycles. The average Bonchev–Trinajstić information content (AvgIpc) is 3.76. The van der Waals surface area contributed by atoms with Crippen molar-refractivity contribution in [2.75, 3.05) is 26.9 Å². The fourth-order valence-electron chi connectivity index (χ4n) is 8.10. The highest BCUT2D eigenvalue weighted by atomic mass is 16.6. The highest BCUT2D eigenvalue weighted by molar-refractivity contribution is 5.98. The second kappa shape index (κ2) is 15.9. The second-order valence-corrected chi connectivity index (χ2v) is 14.5. The van der Waals surface area contributed by atoms with Gasteiger partial charge < -0.3 is 34.4 Å². The maximum atomic E-state index is 14.9. The monoisotopic (exact) mass is 701 g/mol. The van der Waals surface area contributed by atoms with Crippen LogP contribution in [0.4, 0.5) is 0 Å². The predicted octanol–water partition coefficient (Wildman–Crippen LogP) is 4.29. The summed E-state index contributed by atoms with van der Waals surface area (Å²) in [6, 6.07) is 15.4. The summed E-state index contributed by atoms with van der Waals surface area (Å²) in [7, 11) is 1.50. The summed E-state index contributed by atoms with van der Waals surface area (Å²) >= 11 is 0. The summed E-state index contributed by atoms with van der Waals surface area (Å²) in [6.07, 6.45) is 3.15. The molecule has 3 aliphatic heterocycles. The summed E-state index contributed by atoms with van der Waals surface area (Å²) in [5.74, 6) is -3.78. The van der Waals surface area contributed by atoms with E-state index in [9.17, 15) is 24.3 Å². The Kier molecular flexibility index (Phi) is 11.8. The number of nitrogens with one attached hydrogen (secondary N) is 1. The number of allylic oxidation sites excluding steroid dienone is 1. The van der Waals surface area contributed by atoms with Gasteiger partial charge in [0.25, 0.3) is 0 Å². The van der Waals surface area contributed by atoms with Crippen molar-refractivity contribution < 1.29 is 38.5 Å². The summed E-state index contributed by atoms with van der Waals surface area (Å²) in [5, 5.41) is 13.8. The Labute approximate surface area is 300 Å². The number of methoxy groups -OCH3 is 1. The Morgan fingerprint density at radius 2 is 1.73 bits per heavy atom. The smallest absolute Gasteiger partial charge is 0.313 e. The number of nitrogens with zero attached hydrogens (tertiary/aromatic N) is 2. The van der Waals surface area contributed by atoms with Crippen molar-refractivity contribution in [1.82, 2.24) is 15.1 Å². The molecule has 274 valence electrons. The number of carbonyl (C=O) groups is 4. The molecule has 1 spiro atoms. The lowest BCUT2D eigenvalue weighted by atomic mass is 9.70. The van der Waals surface area contributed by atoms with Crippen molar-refractivity contribution in [2.24, 2.45) is 11.8 Å². The van der Waals surface area contributed by atoms with E-state index in [1.165, 1.54) is 12.0 Å². The zero-order chi connectivity index (χ0) is 36.9. The minimum Gasteiger partial charge on any atom is -0.455 e. The van der Waals surface area contributed by atoms with E-state index in [-0.39, 0.29) is 31.4 Å². The van der Waals surface area contributed by atoms with E-state index < -0.39 is 71.8 Å². The van der Waals surface area contributed by atoms with Gasteiger partial charge >= 0.3 is 5.97 Å². The number of amides is 3. The Hall–Kier alpha value is -4.32. The molecule has 0 unspecified atom stereocenters. The average molecular weight is 702 g/mol. The molecule has 0 radical (unpaired) electrons. The zero-order valence-electron chi connectivity index (χ0n) is 30.0. The summed E-state index contributed by atoms with van der Waals surface area (Å²) in [6.45, 7) is 13.1. The molecule has 3 fully saturated rings. The first-order chi connectivity index (χ1) is 24.4. The summed E-state index contributed by atoms with van der Waals surface area (Å²) < 4.78 is 18.5. The minimum atomic E-state index is -1.33. The number of benzene rings is 2. The molecule has 11 heteroatoms. The minimum absolute atomic E-state index is 0.0507. The van der Waals surface area contributed by atoms with Crippen molar-refractivity contribution in [3.63, 3.8) is 0 Å². The van der Waals surface area contributed by atoms with E-state index in [2.05, 4.69) is 18.5 Å². The number of rotatable bonds is 16. The number of likely N-dealkylation sites (tertiary alicyclic amines) is 1. The fraction of sp³-hybridized carbons (Fsp3) is 0.500. The lowest BCUT2D eigenvalue weighted by molar-refractivity contribution is -0.164. The highest BCUT2D eigenvalue weighted by Gasteiger charge is 2.76. The van der Waals surface area contributed by atoms with Crippen LogP contribution in [0, 0.1) is 11.8 Å². The Bertz CT molecular complexity index is 1580. The van der Waals surface area contributed by atoms with Gasteiger partial charge in [0, 0.05) is 25.6 Å². The number of hydrogen-bond acceptors (Lipinski definition) is 8. The molecule has 0 aliphatic carbocycles. The van der Waals surface area contributed by atoms with Crippen LogP contribution in [0.3, 0.4) is 0 Å². The predicted molar refractivity (Wildman–Crippen MR) is 191 cm³/mol. The molecule has 2 bridgehead atoms. The number of fused-ring (bicyclic) bond motifs is 1. The lowest BCUT2D eigenvalue weighted by Crippen LogP contribution is -2.60. The lowest BCUT2D eigenvalue weighted by Gasteiger charge is -2.43. The zero-order valence-corrected chi connectivity index (χ0v) is 30.0. The van der Waals surface area contributed by atoms with Crippen molar-refractivity contribution in [2.45, 2.75) is 87.9 Å². The first-order valence-corrected chi connectivity index (χ1v) is 17.7. The van der Waals surface area contributed by atoms with Crippen LogP contribution in [0.1, 0.15) is 69.7 Å². The van der Waals surface area contributed by atoms with E-state index in [4.69, 9.17) is 14.2 Å². The van der Waals surface area contributed by atoms with Gasteiger partial charge in [0.15, 0.2) is 0 Å². The molecule has 3 heterocycles. The van der Waals surface area contributed by atoms with Crippen LogP contribution in [0.2, 0.25) is 0 Å². The maximum absolute atomic E-state index is 14.9. The summed E-state index contributed by atoms with van der Waals surface area (Å²) in [4.78, 5) is 60.3. The Morgan fingerprint density at radius 1 is 1.08 bits per heavy atom. The van der Waals surface area contributed by atoms with Crippen molar-refractivity contribution in [3.8, 4) is 0 Å². The molecular weight excluding hydrogens is 650 g/mol. The van der Waals surface area contributed by atoms with Gasteiger partial charge in [-0.1, -0.05) is 72.8 Å². The van der Waals surface area contributed by atoms with Crippen LogP contribution in [-0.4, -0.2) is 94.8 Å². The second-order valence-electron chi connectivity index (χ2n) is 14.5. The van der Waals surface area contributed by atoms with Crippen molar-refractivity contribution in [3.05, 3.63) is 97.1 Å². The van der Waals surface area contributed by atoms with E-state index in [0.717, 1.165) is 0 Å². The fourth-order valence-corrected chi connectivity index (χ4v) is 8.10. The molecule has 3 aliphatic rings. The molecule has 11 nitrogen and oxygen atoms in total. The first kappa shape index (κ1) is 37.9. The first-order valence-electron chi connectivity index (χ1n) is 17.7. The van der Waals surface area contributed by atoms with Crippen LogP contribution < -0.4 is 5.32 Å². The maximum Gasteiger partial charge on any atom is 0.313 e. The van der Waals surface area contributed by atoms with E-state index in [1.807, 2.05) is 57.2 Å². The molecule has 0 saturated carbocycles. The van der Waals surface area contributed by atoms with Gasteiger partial charge in [-0.05, 0) is 51.2 Å². The number of hydrogen-bond donors (Lipinski definition) is 2. The van der Waals surface area contributed by atoms with Gasteiger partial charge in [-0.15, -0.1) is 13.2 Å². The molecule has 3 saturated heterocycles. The van der Waals surface area contributed by atoms with Gasteiger partial charge in [-0.2, -0.15) is 0 Å². The number of esters is 1. The van der Waals surface area contributed by atoms with Crippen molar-refractivity contribution in [1.29, 1.82) is 0 Å². The van der Waals surface area contributed by atoms with Crippen molar-refractivity contribution >= 4 is 23.7 Å². The number of aliphatic hydroxyl groups is 1. The molecule has 2 aromatic rings. The van der Waals surface area contributed by atoms with Gasteiger partial charge in [0.1, 0.15) is 17.7 Å². The van der Waals surface area contributed by atoms with Crippen LogP contribution >= 0.6 is 0 Å². The normalized spacial score (nSPS) is 25.4. The Morgan fingerprint density at radius 3 is 2.29 bits per heavy atom. The van der Waals surface area contributed by atoms with Crippen LogP contribution in [0.15, 0.2) is 86.0 Å². The SMILES string of the molecule is C=CCCC(=O)N[C@@H](COC)[C@@H](OC(=O)[C@@H]1[C@@H]2CC[C@]3(O2)[C@H](C(=O)N(CC=C)C(C)(C)C)N([C@H](CO)c2ccccc2)C(=O)[C@@H]13)c1ccccc1. The molecule has 0 aromatic heterocycles. The van der Waals surface area contributed by atoms with E-state index >= 15 is 0 Å². The topological polar surface area (TPSA) is 135 Å². The highest BCUT2D eigenvalue weighted by Crippen LogP contribution is 2.60. The van der Waals surface area contributed by atoms with Crippen LogP contribution in [0.25, 0.3) is 0 Å². The quantitative estimate of drug-likeness (QED) is 0.196. The van der Waals surface area contributed by atoms with Gasteiger partial charge in [0.2, 0.25) is 17.7 Å². The Balaban J connectivity index is 1.56. The molecule has 3 amide bonds. The molecule has 51 heavy (non-hydrogen) atoms. The van der Waals surface area contributed by atoms with Gasteiger partial charge in [-0.3, -0.25) is 19.2 Å². The van der Waals surface area contributed by atoms with Gasteiger partial charge in [-0.25, -0.2) is 0 Å². The third-order valence-corrected chi connectivity index (χ3v) is 10.3. The van der Waals surface area contributed by atoms with Crippen LogP contribution in [-0.2, 0) is 33.4 Å². The largest absolute Gasteiger partial charge is 0.455 e. The standard InChI is InChI=1S/C40H51N3O8/c1-7-9-20-31(45)41-28(25-49-6)34(27-18-14-11-15-19-27)50-38(48)32-30-21-22-40(51-30)33(32)36(46)43(29(24-44)26-16-12-10-13-17-26)35(40)37(47)42(23-8-2)39(3,4)5/h7-8,10-19,28-30,32-35,44H,1-2,9,20-25H2,3-6H3,(H,41,45)/t28-,29+,30-,32+,33+,34-,35-,40+/m0/s1. The molecule has 2 N–H and O–H groups in total.